The third kappa shape index (κ3) is 3.74. The van der Waals surface area contributed by atoms with Gasteiger partial charge in [0.05, 0.1) is 23.0 Å². The minimum Gasteiger partial charge on any atom is -0.387 e. The van der Waals surface area contributed by atoms with Gasteiger partial charge in [0.15, 0.2) is 0 Å². The van der Waals surface area contributed by atoms with E-state index in [0.717, 1.165) is 14.2 Å². The minimum atomic E-state index is -0.803. The van der Waals surface area contributed by atoms with Crippen LogP contribution in [0.4, 0.5) is 0 Å². The second-order valence-electron chi connectivity index (χ2n) is 6.32. The topological polar surface area (TPSA) is 112 Å². The Morgan fingerprint density at radius 2 is 2.07 bits per heavy atom. The molecule has 1 aromatic carbocycles. The molecule has 148 valence electrons. The van der Waals surface area contributed by atoms with Crippen molar-refractivity contribution < 1.29 is 9.21 Å². The molecule has 0 aliphatic rings. The van der Waals surface area contributed by atoms with Crippen LogP contribution in [-0.4, -0.2) is 32.0 Å². The second kappa shape index (κ2) is 7.84. The largest absolute Gasteiger partial charge is 0.437 e. The molecule has 0 saturated carbocycles. The number of nitrogens with one attached hydrogen (secondary N) is 1. The monoisotopic (exact) mass is 411 g/mol. The fourth-order valence-corrected chi connectivity index (χ4v) is 3.52. The first-order chi connectivity index (χ1) is 14.0. The van der Waals surface area contributed by atoms with Gasteiger partial charge in [-0.05, 0) is 24.4 Å². The molecule has 1 N–H and O–H groups in total. The molecule has 0 radical (unpaired) electrons. The van der Waals surface area contributed by atoms with Gasteiger partial charge in [0.25, 0.3) is 11.4 Å². The van der Waals surface area contributed by atoms with E-state index in [1.807, 2.05) is 17.5 Å². The minimum absolute atomic E-state index is 0.145. The molecule has 29 heavy (non-hydrogen) atoms. The Balaban J connectivity index is 1.42. The van der Waals surface area contributed by atoms with Crippen molar-refractivity contribution in [1.82, 2.24) is 24.9 Å². The van der Waals surface area contributed by atoms with Gasteiger partial charge in [-0.2, -0.15) is 9.78 Å². The molecule has 0 unspecified atom stereocenters. The maximum absolute atomic E-state index is 12.6. The lowest BCUT2D eigenvalue weighted by atomic mass is 10.2. The van der Waals surface area contributed by atoms with Crippen molar-refractivity contribution in [2.45, 2.75) is 19.5 Å². The molecule has 1 atom stereocenters. The number of amides is 1. The predicted molar refractivity (Wildman–Crippen MR) is 108 cm³/mol. The van der Waals surface area contributed by atoms with Crippen LogP contribution in [0.25, 0.3) is 21.5 Å². The molecule has 0 saturated heterocycles. The summed E-state index contributed by atoms with van der Waals surface area (Å²) < 4.78 is 7.43. The second-order valence-corrected chi connectivity index (χ2v) is 7.27. The summed E-state index contributed by atoms with van der Waals surface area (Å²) in [6.07, 6.45) is 1.56. The van der Waals surface area contributed by atoms with Crippen LogP contribution >= 0.6 is 11.3 Å². The lowest BCUT2D eigenvalue weighted by Gasteiger charge is -2.14. The summed E-state index contributed by atoms with van der Waals surface area (Å²) in [6, 6.07) is 9.91. The lowest BCUT2D eigenvalue weighted by molar-refractivity contribution is -0.124. The van der Waals surface area contributed by atoms with E-state index >= 15 is 0 Å². The number of thiophene rings is 1. The van der Waals surface area contributed by atoms with Crippen molar-refractivity contribution >= 4 is 28.0 Å². The molecule has 0 aliphatic heterocycles. The first-order valence-electron chi connectivity index (χ1n) is 8.90. The number of carbonyl (C=O) groups is 1. The number of hydrogen-bond acceptors (Lipinski definition) is 7. The van der Waals surface area contributed by atoms with Gasteiger partial charge in [-0.1, -0.05) is 24.3 Å². The van der Waals surface area contributed by atoms with Crippen LogP contribution in [0.2, 0.25) is 0 Å². The summed E-state index contributed by atoms with van der Waals surface area (Å²) in [4.78, 5) is 37.7. The van der Waals surface area contributed by atoms with E-state index in [1.165, 1.54) is 11.3 Å². The molecule has 0 bridgehead atoms. The zero-order valence-electron chi connectivity index (χ0n) is 15.4. The Labute approximate surface area is 168 Å². The van der Waals surface area contributed by atoms with Crippen LogP contribution < -0.4 is 16.6 Å². The van der Waals surface area contributed by atoms with Gasteiger partial charge >= 0.3 is 5.76 Å². The van der Waals surface area contributed by atoms with Gasteiger partial charge in [0.1, 0.15) is 6.04 Å². The normalized spacial score (nSPS) is 12.2. The SMILES string of the molecule is C[C@H](C(=O)NCCn1nc(-c2cccs2)oc1=O)n1ncc2ccccc2c1=O. The molecule has 9 nitrogen and oxygen atoms in total. The molecule has 4 aromatic rings. The molecule has 0 spiro atoms. The number of benzene rings is 1. The van der Waals surface area contributed by atoms with Gasteiger partial charge in [-0.3, -0.25) is 9.59 Å². The van der Waals surface area contributed by atoms with Crippen LogP contribution in [0.3, 0.4) is 0 Å². The van der Waals surface area contributed by atoms with Crippen molar-refractivity contribution in [3.63, 3.8) is 0 Å². The average Bonchev–Trinajstić information content (AvgIpc) is 3.38. The fourth-order valence-electron chi connectivity index (χ4n) is 2.87. The third-order valence-corrected chi connectivity index (χ3v) is 5.29. The molecule has 10 heteroatoms. The summed E-state index contributed by atoms with van der Waals surface area (Å²) in [5, 5.41) is 14.0. The Kier molecular flexibility index (Phi) is 5.09. The van der Waals surface area contributed by atoms with Crippen molar-refractivity contribution in [1.29, 1.82) is 0 Å². The molecule has 1 amide bonds. The first kappa shape index (κ1) is 18.8. The Morgan fingerprint density at radius 1 is 1.24 bits per heavy atom. The number of carbonyl (C=O) groups excluding carboxylic acids is 1. The molecule has 3 heterocycles. The van der Waals surface area contributed by atoms with Crippen LogP contribution in [-0.2, 0) is 11.3 Å². The summed E-state index contributed by atoms with van der Waals surface area (Å²) in [6.45, 7) is 1.89. The summed E-state index contributed by atoms with van der Waals surface area (Å²) >= 11 is 1.41. The maximum Gasteiger partial charge on any atom is 0.437 e. The summed E-state index contributed by atoms with van der Waals surface area (Å²) in [5.74, 6) is -0.732. The Morgan fingerprint density at radius 3 is 2.86 bits per heavy atom. The Bertz CT molecular complexity index is 1270. The molecular weight excluding hydrogens is 394 g/mol. The van der Waals surface area contributed by atoms with Gasteiger partial charge in [-0.15, -0.1) is 16.4 Å². The van der Waals surface area contributed by atoms with E-state index in [4.69, 9.17) is 4.42 Å². The van der Waals surface area contributed by atoms with Crippen molar-refractivity contribution in [3.8, 4) is 10.8 Å². The summed E-state index contributed by atoms with van der Waals surface area (Å²) in [5.41, 5.74) is -0.334. The zero-order chi connectivity index (χ0) is 20.4. The van der Waals surface area contributed by atoms with Crippen molar-refractivity contribution in [2.24, 2.45) is 0 Å². The van der Waals surface area contributed by atoms with E-state index in [2.05, 4.69) is 15.5 Å². The van der Waals surface area contributed by atoms with E-state index in [9.17, 15) is 14.4 Å². The van der Waals surface area contributed by atoms with E-state index in [-0.39, 0.29) is 30.4 Å². The number of fused-ring (bicyclic) bond motifs is 1. The van der Waals surface area contributed by atoms with Crippen LogP contribution in [0, 0.1) is 0 Å². The molecule has 3 aromatic heterocycles. The van der Waals surface area contributed by atoms with Gasteiger partial charge < -0.3 is 9.73 Å². The van der Waals surface area contributed by atoms with Crippen LogP contribution in [0.15, 0.2) is 62.0 Å². The van der Waals surface area contributed by atoms with Crippen LogP contribution in [0.1, 0.15) is 13.0 Å². The Hall–Kier alpha value is -3.53. The lowest BCUT2D eigenvalue weighted by Crippen LogP contribution is -2.38. The average molecular weight is 411 g/mol. The van der Waals surface area contributed by atoms with E-state index in [1.54, 1.807) is 37.4 Å². The quantitative estimate of drug-likeness (QED) is 0.516. The van der Waals surface area contributed by atoms with Crippen LogP contribution in [0.5, 0.6) is 0 Å². The standard InChI is InChI=1S/C19H17N5O4S/c1-12(24-18(26)14-6-3-2-5-13(14)11-21-24)16(25)20-8-9-23-19(27)28-17(22-23)15-7-4-10-29-15/h2-7,10-12H,8-9H2,1H3,(H,20,25)/t12-/m1/s1. The predicted octanol–water partition coefficient (Wildman–Crippen LogP) is 1.65. The first-order valence-corrected chi connectivity index (χ1v) is 9.78. The fraction of sp³-hybridized carbons (Fsp3) is 0.211. The number of nitrogens with zero attached hydrogens (tertiary/aromatic N) is 4. The maximum atomic E-state index is 12.6. The van der Waals surface area contributed by atoms with Gasteiger partial charge in [0, 0.05) is 11.9 Å². The van der Waals surface area contributed by atoms with Gasteiger partial charge in [-0.25, -0.2) is 9.48 Å². The third-order valence-electron chi connectivity index (χ3n) is 4.43. The molecular formula is C19H17N5O4S. The highest BCUT2D eigenvalue weighted by atomic mass is 32.1. The summed E-state index contributed by atoms with van der Waals surface area (Å²) in [7, 11) is 0. The number of rotatable bonds is 6. The zero-order valence-corrected chi connectivity index (χ0v) is 16.3. The highest BCUT2D eigenvalue weighted by Gasteiger charge is 2.18. The highest BCUT2D eigenvalue weighted by Crippen LogP contribution is 2.20. The van der Waals surface area contributed by atoms with Gasteiger partial charge in [0.2, 0.25) is 5.91 Å². The number of hydrogen-bond donors (Lipinski definition) is 1. The van der Waals surface area contributed by atoms with Crippen molar-refractivity contribution in [3.05, 3.63) is 68.9 Å². The highest BCUT2D eigenvalue weighted by molar-refractivity contribution is 7.13. The number of aromatic nitrogens is 4. The smallest absolute Gasteiger partial charge is 0.387 e. The van der Waals surface area contributed by atoms with E-state index in [0.29, 0.717) is 10.8 Å². The molecule has 0 aliphatic carbocycles. The van der Waals surface area contributed by atoms with E-state index < -0.39 is 11.8 Å². The molecule has 0 fully saturated rings. The molecule has 4 rings (SSSR count). The van der Waals surface area contributed by atoms with Crippen molar-refractivity contribution in [2.75, 3.05) is 6.54 Å².